The van der Waals surface area contributed by atoms with Gasteiger partial charge in [-0.2, -0.15) is 0 Å². The minimum absolute atomic E-state index is 0.0563. The van der Waals surface area contributed by atoms with Gasteiger partial charge in [0.1, 0.15) is 5.52 Å². The molecule has 2 heterocycles. The van der Waals surface area contributed by atoms with Gasteiger partial charge in [-0.1, -0.05) is 40.2 Å². The first-order valence-corrected chi connectivity index (χ1v) is 9.95. The standard InChI is InChI=1S/C21H20BrN5O/c22-15-7-5-6-14(12-15)21(28)24-10-3-4-11-27-13-25-18-19(27)16-8-1-2-9-17(16)26-20(18)23/h1-2,5-9,12-13H,3-4,10-11H2,(H2,23,26)(H,24,28). The zero-order chi connectivity index (χ0) is 19.5. The lowest BCUT2D eigenvalue weighted by molar-refractivity contribution is 0.0953. The molecule has 0 bridgehead atoms. The van der Waals surface area contributed by atoms with Gasteiger partial charge in [0.25, 0.3) is 5.91 Å². The molecule has 6 nitrogen and oxygen atoms in total. The fraction of sp³-hybridized carbons (Fsp3) is 0.190. The van der Waals surface area contributed by atoms with Crippen LogP contribution in [-0.4, -0.2) is 27.0 Å². The second-order valence-corrected chi connectivity index (χ2v) is 7.54. The summed E-state index contributed by atoms with van der Waals surface area (Å²) in [6, 6.07) is 15.3. The first kappa shape index (κ1) is 18.4. The Kier molecular flexibility index (Phi) is 5.25. The molecule has 0 unspecified atom stereocenters. The highest BCUT2D eigenvalue weighted by atomic mass is 79.9. The Labute approximate surface area is 170 Å². The third kappa shape index (κ3) is 3.71. The number of unbranched alkanes of at least 4 members (excludes halogenated alkanes) is 1. The smallest absolute Gasteiger partial charge is 0.251 e. The van der Waals surface area contributed by atoms with E-state index in [0.717, 1.165) is 45.8 Å². The third-order valence-electron chi connectivity index (χ3n) is 4.68. The number of rotatable bonds is 6. The Morgan fingerprint density at radius 1 is 1.14 bits per heavy atom. The fourth-order valence-corrected chi connectivity index (χ4v) is 3.72. The molecule has 0 atom stereocenters. The van der Waals surface area contributed by atoms with Crippen LogP contribution in [0.3, 0.4) is 0 Å². The maximum Gasteiger partial charge on any atom is 0.251 e. The zero-order valence-electron chi connectivity index (χ0n) is 15.2. The van der Waals surface area contributed by atoms with E-state index in [1.165, 1.54) is 0 Å². The normalized spacial score (nSPS) is 11.2. The first-order valence-electron chi connectivity index (χ1n) is 9.16. The molecule has 1 amide bonds. The Morgan fingerprint density at radius 3 is 2.86 bits per heavy atom. The van der Waals surface area contributed by atoms with Crippen LogP contribution >= 0.6 is 15.9 Å². The summed E-state index contributed by atoms with van der Waals surface area (Å²) >= 11 is 3.39. The molecule has 0 aliphatic carbocycles. The lowest BCUT2D eigenvalue weighted by Crippen LogP contribution is -2.24. The summed E-state index contributed by atoms with van der Waals surface area (Å²) in [5.74, 6) is 0.396. The van der Waals surface area contributed by atoms with Crippen molar-refractivity contribution < 1.29 is 4.79 Å². The fourth-order valence-electron chi connectivity index (χ4n) is 3.32. The maximum absolute atomic E-state index is 12.2. The molecule has 0 saturated heterocycles. The molecule has 7 heteroatoms. The van der Waals surface area contributed by atoms with Crippen molar-refractivity contribution in [2.75, 3.05) is 12.3 Å². The van der Waals surface area contributed by atoms with Gasteiger partial charge in [0.05, 0.1) is 17.4 Å². The second-order valence-electron chi connectivity index (χ2n) is 6.62. The van der Waals surface area contributed by atoms with Crippen molar-refractivity contribution in [2.24, 2.45) is 0 Å². The van der Waals surface area contributed by atoms with Crippen molar-refractivity contribution in [1.29, 1.82) is 0 Å². The summed E-state index contributed by atoms with van der Waals surface area (Å²) in [6.45, 7) is 1.43. The predicted molar refractivity (Wildman–Crippen MR) is 115 cm³/mol. The Bertz CT molecular complexity index is 1150. The number of amides is 1. The number of hydrogen-bond donors (Lipinski definition) is 2. The number of nitrogens with two attached hydrogens (primary N) is 1. The van der Waals surface area contributed by atoms with Gasteiger partial charge in [-0.15, -0.1) is 0 Å². The van der Waals surface area contributed by atoms with Crippen LogP contribution in [0.4, 0.5) is 5.82 Å². The number of carbonyl (C=O) groups is 1. The number of benzene rings is 2. The number of para-hydroxylation sites is 1. The highest BCUT2D eigenvalue weighted by Gasteiger charge is 2.12. The number of halogens is 1. The molecule has 4 rings (SSSR count). The van der Waals surface area contributed by atoms with Gasteiger partial charge in [0.2, 0.25) is 0 Å². The van der Waals surface area contributed by atoms with Gasteiger partial charge in [-0.3, -0.25) is 4.79 Å². The van der Waals surface area contributed by atoms with Gasteiger partial charge >= 0.3 is 0 Å². The van der Waals surface area contributed by atoms with Crippen molar-refractivity contribution in [3.63, 3.8) is 0 Å². The molecule has 0 radical (unpaired) electrons. The van der Waals surface area contributed by atoms with Crippen LogP contribution in [0.25, 0.3) is 21.9 Å². The molecular weight excluding hydrogens is 418 g/mol. The Hall–Kier alpha value is -2.93. The quantitative estimate of drug-likeness (QED) is 0.443. The minimum Gasteiger partial charge on any atom is -0.382 e. The Balaban J connectivity index is 1.39. The van der Waals surface area contributed by atoms with E-state index in [4.69, 9.17) is 5.73 Å². The number of imidazole rings is 1. The molecule has 0 spiro atoms. The van der Waals surface area contributed by atoms with Gasteiger partial charge in [0.15, 0.2) is 5.82 Å². The highest BCUT2D eigenvalue weighted by Crippen LogP contribution is 2.27. The van der Waals surface area contributed by atoms with E-state index in [-0.39, 0.29) is 5.91 Å². The van der Waals surface area contributed by atoms with Crippen molar-refractivity contribution in [3.05, 3.63) is 64.9 Å². The van der Waals surface area contributed by atoms with Crippen molar-refractivity contribution in [1.82, 2.24) is 19.9 Å². The topological polar surface area (TPSA) is 85.8 Å². The van der Waals surface area contributed by atoms with E-state index in [2.05, 4.69) is 35.8 Å². The number of nitrogens with one attached hydrogen (secondary N) is 1. The van der Waals surface area contributed by atoms with Crippen LogP contribution < -0.4 is 11.1 Å². The summed E-state index contributed by atoms with van der Waals surface area (Å²) in [7, 11) is 0. The number of aromatic nitrogens is 3. The molecule has 0 saturated carbocycles. The molecule has 2 aromatic heterocycles. The van der Waals surface area contributed by atoms with Gasteiger partial charge < -0.3 is 15.6 Å². The molecule has 0 fully saturated rings. The van der Waals surface area contributed by atoms with Crippen LogP contribution in [0.1, 0.15) is 23.2 Å². The van der Waals surface area contributed by atoms with Crippen LogP contribution in [0.5, 0.6) is 0 Å². The van der Waals surface area contributed by atoms with Crippen molar-refractivity contribution in [2.45, 2.75) is 19.4 Å². The van der Waals surface area contributed by atoms with E-state index >= 15 is 0 Å². The number of anilines is 1. The predicted octanol–water partition coefficient (Wildman–Crippen LogP) is 4.14. The lowest BCUT2D eigenvalue weighted by atomic mass is 10.2. The molecule has 28 heavy (non-hydrogen) atoms. The van der Waals surface area contributed by atoms with Crippen LogP contribution in [0, 0.1) is 0 Å². The molecule has 2 aromatic carbocycles. The molecule has 0 aliphatic heterocycles. The summed E-state index contributed by atoms with van der Waals surface area (Å²) in [5.41, 5.74) is 9.35. The van der Waals surface area contributed by atoms with Crippen LogP contribution in [0.15, 0.2) is 59.3 Å². The van der Waals surface area contributed by atoms with Gasteiger partial charge in [0, 0.05) is 28.5 Å². The largest absolute Gasteiger partial charge is 0.382 e. The van der Waals surface area contributed by atoms with Gasteiger partial charge in [-0.05, 0) is 37.1 Å². The molecular formula is C21H20BrN5O. The number of nitrogens with zero attached hydrogens (tertiary/aromatic N) is 3. The number of fused-ring (bicyclic) bond motifs is 3. The van der Waals surface area contributed by atoms with E-state index in [9.17, 15) is 4.79 Å². The Morgan fingerprint density at radius 2 is 2.00 bits per heavy atom. The number of aryl methyl sites for hydroxylation is 1. The minimum atomic E-state index is -0.0563. The SMILES string of the molecule is Nc1nc2ccccc2c2c1ncn2CCCCNC(=O)c1cccc(Br)c1. The van der Waals surface area contributed by atoms with E-state index in [0.29, 0.717) is 17.9 Å². The monoisotopic (exact) mass is 437 g/mol. The summed E-state index contributed by atoms with van der Waals surface area (Å²) < 4.78 is 3.01. The number of nitrogen functional groups attached to an aromatic ring is 1. The summed E-state index contributed by atoms with van der Waals surface area (Å²) in [4.78, 5) is 21.1. The lowest BCUT2D eigenvalue weighted by Gasteiger charge is -2.08. The molecule has 3 N–H and O–H groups in total. The second kappa shape index (κ2) is 7.98. The highest BCUT2D eigenvalue weighted by molar-refractivity contribution is 9.10. The average molecular weight is 438 g/mol. The van der Waals surface area contributed by atoms with Crippen molar-refractivity contribution >= 4 is 49.6 Å². The molecule has 142 valence electrons. The van der Waals surface area contributed by atoms with Crippen LogP contribution in [-0.2, 0) is 6.54 Å². The van der Waals surface area contributed by atoms with E-state index in [1.807, 2.05) is 48.8 Å². The maximum atomic E-state index is 12.2. The van der Waals surface area contributed by atoms with E-state index < -0.39 is 0 Å². The first-order chi connectivity index (χ1) is 13.6. The number of carbonyl (C=O) groups excluding carboxylic acids is 1. The third-order valence-corrected chi connectivity index (χ3v) is 5.17. The molecule has 0 aliphatic rings. The average Bonchev–Trinajstić information content (AvgIpc) is 3.13. The van der Waals surface area contributed by atoms with E-state index in [1.54, 1.807) is 6.07 Å². The van der Waals surface area contributed by atoms with Crippen molar-refractivity contribution in [3.8, 4) is 0 Å². The summed E-state index contributed by atoms with van der Waals surface area (Å²) in [6.07, 6.45) is 3.61. The summed E-state index contributed by atoms with van der Waals surface area (Å²) in [5, 5.41) is 4.02. The molecule has 4 aromatic rings. The number of pyridine rings is 1. The van der Waals surface area contributed by atoms with Gasteiger partial charge in [-0.25, -0.2) is 9.97 Å². The number of hydrogen-bond acceptors (Lipinski definition) is 4. The van der Waals surface area contributed by atoms with Crippen LogP contribution in [0.2, 0.25) is 0 Å². The zero-order valence-corrected chi connectivity index (χ0v) is 16.8.